The lowest BCUT2D eigenvalue weighted by molar-refractivity contribution is 0.0515. The smallest absolute Gasteiger partial charge is 0.233 e. The molecule has 2 aromatic heterocycles. The number of ether oxygens (including phenoxy) is 3. The van der Waals surface area contributed by atoms with E-state index >= 15 is 0 Å². The van der Waals surface area contributed by atoms with E-state index < -0.39 is 5.82 Å². The standard InChI is InChI=1S/C17H14ClFN4O3/c1-24-9-26-15-7-11(10-5-17(25-2)23-20-8-10)13(19)6-12(15)14-3-4-16(18)22-21-14/h3-8H,9H2,1-2H3. The third-order valence-corrected chi connectivity index (χ3v) is 3.66. The first-order chi connectivity index (χ1) is 12.6. The Hall–Kier alpha value is -2.84. The lowest BCUT2D eigenvalue weighted by atomic mass is 10.0. The second-order valence-corrected chi connectivity index (χ2v) is 5.49. The van der Waals surface area contributed by atoms with Crippen molar-refractivity contribution in [1.29, 1.82) is 0 Å². The van der Waals surface area contributed by atoms with E-state index in [0.717, 1.165) is 0 Å². The van der Waals surface area contributed by atoms with Gasteiger partial charge >= 0.3 is 0 Å². The van der Waals surface area contributed by atoms with Crippen LogP contribution in [0.3, 0.4) is 0 Å². The normalized spacial score (nSPS) is 10.6. The zero-order chi connectivity index (χ0) is 18.5. The fourth-order valence-corrected chi connectivity index (χ4v) is 2.37. The van der Waals surface area contributed by atoms with Gasteiger partial charge in [0.05, 0.1) is 19.0 Å². The SMILES string of the molecule is COCOc1cc(-c2cnnc(OC)c2)c(F)cc1-c1ccc(Cl)nn1. The largest absolute Gasteiger partial charge is 0.480 e. The van der Waals surface area contributed by atoms with Gasteiger partial charge in [-0.2, -0.15) is 5.10 Å². The van der Waals surface area contributed by atoms with Crippen LogP contribution in [0.5, 0.6) is 11.6 Å². The molecule has 3 aromatic rings. The molecule has 0 saturated heterocycles. The number of benzene rings is 1. The third kappa shape index (κ3) is 3.87. The number of aromatic nitrogens is 4. The van der Waals surface area contributed by atoms with E-state index in [0.29, 0.717) is 22.6 Å². The van der Waals surface area contributed by atoms with Gasteiger partial charge in [0.15, 0.2) is 11.9 Å². The Labute approximate surface area is 153 Å². The molecule has 134 valence electrons. The predicted octanol–water partition coefficient (Wildman–Crippen LogP) is 3.38. The molecule has 2 heterocycles. The molecular formula is C17H14ClFN4O3. The Kier molecular flexibility index (Phi) is 5.55. The topological polar surface area (TPSA) is 79.2 Å². The van der Waals surface area contributed by atoms with Crippen molar-refractivity contribution in [1.82, 2.24) is 20.4 Å². The minimum Gasteiger partial charge on any atom is -0.480 e. The fraction of sp³-hybridized carbons (Fsp3) is 0.176. The Bertz CT molecular complexity index is 909. The Morgan fingerprint density at radius 2 is 1.88 bits per heavy atom. The molecule has 3 rings (SSSR count). The van der Waals surface area contributed by atoms with Crippen LogP contribution in [0.25, 0.3) is 22.4 Å². The van der Waals surface area contributed by atoms with Crippen LogP contribution in [-0.2, 0) is 4.74 Å². The molecule has 0 unspecified atom stereocenters. The van der Waals surface area contributed by atoms with Gasteiger partial charge in [-0.15, -0.1) is 15.3 Å². The number of rotatable bonds is 6. The van der Waals surface area contributed by atoms with Crippen molar-refractivity contribution in [2.24, 2.45) is 0 Å². The Balaban J connectivity index is 2.11. The van der Waals surface area contributed by atoms with E-state index in [1.807, 2.05) is 0 Å². The van der Waals surface area contributed by atoms with Crippen LogP contribution >= 0.6 is 11.6 Å². The van der Waals surface area contributed by atoms with Crippen molar-refractivity contribution in [2.75, 3.05) is 21.0 Å². The van der Waals surface area contributed by atoms with E-state index in [9.17, 15) is 4.39 Å². The van der Waals surface area contributed by atoms with E-state index in [-0.39, 0.29) is 23.4 Å². The van der Waals surface area contributed by atoms with Gasteiger partial charge in [0.1, 0.15) is 11.6 Å². The van der Waals surface area contributed by atoms with Crippen molar-refractivity contribution >= 4 is 11.6 Å². The summed E-state index contributed by atoms with van der Waals surface area (Å²) in [5.74, 6) is 0.154. The van der Waals surface area contributed by atoms with Gasteiger partial charge in [0.25, 0.3) is 0 Å². The lowest BCUT2D eigenvalue weighted by Crippen LogP contribution is -2.02. The summed E-state index contributed by atoms with van der Waals surface area (Å²) >= 11 is 5.76. The minimum atomic E-state index is -0.489. The summed E-state index contributed by atoms with van der Waals surface area (Å²) in [4.78, 5) is 0. The average molecular weight is 377 g/mol. The molecule has 0 saturated carbocycles. The first-order valence-corrected chi connectivity index (χ1v) is 7.82. The molecule has 26 heavy (non-hydrogen) atoms. The second-order valence-electron chi connectivity index (χ2n) is 5.11. The van der Waals surface area contributed by atoms with Gasteiger partial charge in [-0.3, -0.25) is 0 Å². The van der Waals surface area contributed by atoms with Crippen LogP contribution in [0.4, 0.5) is 4.39 Å². The van der Waals surface area contributed by atoms with Gasteiger partial charge in [0.2, 0.25) is 5.88 Å². The lowest BCUT2D eigenvalue weighted by Gasteiger charge is -2.13. The average Bonchev–Trinajstić information content (AvgIpc) is 2.67. The molecule has 9 heteroatoms. The maximum absolute atomic E-state index is 14.8. The van der Waals surface area contributed by atoms with Crippen LogP contribution in [0.1, 0.15) is 0 Å². The van der Waals surface area contributed by atoms with Crippen molar-refractivity contribution in [3.8, 4) is 34.0 Å². The summed E-state index contributed by atoms with van der Waals surface area (Å²) in [6.45, 7) is -0.0169. The summed E-state index contributed by atoms with van der Waals surface area (Å²) in [5.41, 5.74) is 1.60. The molecule has 0 aliphatic carbocycles. The molecule has 0 amide bonds. The van der Waals surface area contributed by atoms with Crippen molar-refractivity contribution < 1.29 is 18.6 Å². The molecule has 0 spiro atoms. The highest BCUT2D eigenvalue weighted by atomic mass is 35.5. The number of hydrogen-bond donors (Lipinski definition) is 0. The van der Waals surface area contributed by atoms with E-state index in [4.69, 9.17) is 25.8 Å². The van der Waals surface area contributed by atoms with Crippen LogP contribution in [-0.4, -0.2) is 41.4 Å². The van der Waals surface area contributed by atoms with Gasteiger partial charge in [-0.1, -0.05) is 11.6 Å². The van der Waals surface area contributed by atoms with Crippen molar-refractivity contribution in [3.05, 3.63) is 47.5 Å². The number of nitrogens with zero attached hydrogens (tertiary/aromatic N) is 4. The van der Waals surface area contributed by atoms with Crippen molar-refractivity contribution in [2.45, 2.75) is 0 Å². The van der Waals surface area contributed by atoms with E-state index in [1.54, 1.807) is 18.2 Å². The van der Waals surface area contributed by atoms with Crippen LogP contribution < -0.4 is 9.47 Å². The zero-order valence-corrected chi connectivity index (χ0v) is 14.7. The summed E-state index contributed by atoms with van der Waals surface area (Å²) in [7, 11) is 2.95. The molecule has 0 bridgehead atoms. The fourth-order valence-electron chi connectivity index (χ4n) is 2.27. The highest BCUT2D eigenvalue weighted by Crippen LogP contribution is 2.36. The van der Waals surface area contributed by atoms with Gasteiger partial charge in [0, 0.05) is 29.9 Å². The predicted molar refractivity (Wildman–Crippen MR) is 92.5 cm³/mol. The Morgan fingerprint density at radius 3 is 2.58 bits per heavy atom. The molecule has 0 radical (unpaired) electrons. The summed E-state index contributed by atoms with van der Waals surface area (Å²) < 4.78 is 30.4. The van der Waals surface area contributed by atoms with Gasteiger partial charge in [-0.05, 0) is 24.3 Å². The summed E-state index contributed by atoms with van der Waals surface area (Å²) in [6.07, 6.45) is 1.43. The van der Waals surface area contributed by atoms with Crippen molar-refractivity contribution in [3.63, 3.8) is 0 Å². The summed E-state index contributed by atoms with van der Waals surface area (Å²) in [5, 5.41) is 15.6. The first kappa shape index (κ1) is 18.0. The van der Waals surface area contributed by atoms with Gasteiger partial charge < -0.3 is 14.2 Å². The molecule has 7 nitrogen and oxygen atoms in total. The maximum Gasteiger partial charge on any atom is 0.233 e. The molecule has 0 atom stereocenters. The monoisotopic (exact) mass is 376 g/mol. The highest BCUT2D eigenvalue weighted by Gasteiger charge is 2.16. The molecule has 0 aliphatic heterocycles. The molecule has 0 N–H and O–H groups in total. The second kappa shape index (κ2) is 8.03. The van der Waals surface area contributed by atoms with Crippen LogP contribution in [0.2, 0.25) is 5.15 Å². The zero-order valence-electron chi connectivity index (χ0n) is 13.9. The number of halogens is 2. The highest BCUT2D eigenvalue weighted by molar-refractivity contribution is 6.29. The maximum atomic E-state index is 14.8. The number of methoxy groups -OCH3 is 2. The number of hydrogen-bond acceptors (Lipinski definition) is 7. The molecular weight excluding hydrogens is 363 g/mol. The third-order valence-electron chi connectivity index (χ3n) is 3.46. The van der Waals surface area contributed by atoms with Crippen LogP contribution in [0, 0.1) is 5.82 Å². The van der Waals surface area contributed by atoms with Crippen LogP contribution in [0.15, 0.2) is 36.5 Å². The quantitative estimate of drug-likeness (QED) is 0.610. The molecule has 0 fully saturated rings. The minimum absolute atomic E-state index is 0.0169. The molecule has 0 aliphatic rings. The summed E-state index contributed by atoms with van der Waals surface area (Å²) in [6, 6.07) is 7.61. The van der Waals surface area contributed by atoms with Gasteiger partial charge in [-0.25, -0.2) is 4.39 Å². The first-order valence-electron chi connectivity index (χ1n) is 7.44. The van der Waals surface area contributed by atoms with E-state index in [2.05, 4.69) is 20.4 Å². The van der Waals surface area contributed by atoms with E-state index in [1.165, 1.54) is 32.5 Å². The Morgan fingerprint density at radius 1 is 1.04 bits per heavy atom. The molecule has 1 aromatic carbocycles.